The molecule has 3 nitrogen and oxygen atoms in total. The maximum Gasteiger partial charge on any atom is 0.102 e. The van der Waals surface area contributed by atoms with Gasteiger partial charge in [0.25, 0.3) is 0 Å². The summed E-state index contributed by atoms with van der Waals surface area (Å²) in [6.07, 6.45) is 1.79. The Morgan fingerprint density at radius 1 is 1.31 bits per heavy atom. The van der Waals surface area contributed by atoms with E-state index in [1.165, 1.54) is 0 Å². The zero-order valence-corrected chi connectivity index (χ0v) is 11.5. The standard InChI is InChI=1S/C11H16ClN3S/c1-9-7-10(12)5-6-11(9)13-8-15(4)16-14(2)3/h5-8H,1-4H3/b13-8+. The normalized spacial score (nSPS) is 11.4. The van der Waals surface area contributed by atoms with Crippen LogP contribution in [-0.2, 0) is 0 Å². The molecule has 0 spiro atoms. The van der Waals surface area contributed by atoms with Crippen molar-refractivity contribution in [1.82, 2.24) is 8.61 Å². The molecule has 0 N–H and O–H groups in total. The van der Waals surface area contributed by atoms with Crippen LogP contribution in [0.15, 0.2) is 23.2 Å². The predicted octanol–water partition coefficient (Wildman–Crippen LogP) is 3.36. The van der Waals surface area contributed by atoms with Gasteiger partial charge in [-0.3, -0.25) is 4.31 Å². The van der Waals surface area contributed by atoms with Crippen molar-refractivity contribution in [3.8, 4) is 0 Å². The fraction of sp³-hybridized carbons (Fsp3) is 0.364. The van der Waals surface area contributed by atoms with E-state index in [0.717, 1.165) is 16.3 Å². The first-order chi connectivity index (χ1) is 7.49. The average Bonchev–Trinajstić information content (AvgIpc) is 2.15. The summed E-state index contributed by atoms with van der Waals surface area (Å²) in [6, 6.07) is 5.68. The van der Waals surface area contributed by atoms with Crippen LogP contribution in [0.3, 0.4) is 0 Å². The van der Waals surface area contributed by atoms with Gasteiger partial charge in [-0.25, -0.2) is 9.30 Å². The Balaban J connectivity index is 2.69. The molecule has 5 heteroatoms. The first kappa shape index (κ1) is 13.4. The average molecular weight is 258 g/mol. The molecule has 0 aliphatic heterocycles. The number of benzene rings is 1. The third kappa shape index (κ3) is 4.43. The summed E-state index contributed by atoms with van der Waals surface area (Å²) in [6.45, 7) is 2.00. The van der Waals surface area contributed by atoms with E-state index in [1.807, 2.05) is 54.9 Å². The number of hydrogen-bond acceptors (Lipinski definition) is 3. The third-order valence-electron chi connectivity index (χ3n) is 1.81. The highest BCUT2D eigenvalue weighted by molar-refractivity contribution is 7.95. The number of aliphatic imine (C=N–C) groups is 1. The predicted molar refractivity (Wildman–Crippen MR) is 73.4 cm³/mol. The van der Waals surface area contributed by atoms with Gasteiger partial charge in [0, 0.05) is 24.2 Å². The Bertz CT molecular complexity index is 379. The zero-order chi connectivity index (χ0) is 12.1. The van der Waals surface area contributed by atoms with Gasteiger partial charge in [-0.15, -0.1) is 0 Å². The van der Waals surface area contributed by atoms with Crippen LogP contribution >= 0.6 is 23.7 Å². The zero-order valence-electron chi connectivity index (χ0n) is 9.94. The highest BCUT2D eigenvalue weighted by Gasteiger charge is 1.98. The van der Waals surface area contributed by atoms with Crippen molar-refractivity contribution in [3.63, 3.8) is 0 Å². The lowest BCUT2D eigenvalue weighted by Crippen LogP contribution is -2.13. The highest BCUT2D eigenvalue weighted by atomic mass is 35.5. The van der Waals surface area contributed by atoms with Crippen molar-refractivity contribution in [2.45, 2.75) is 6.92 Å². The lowest BCUT2D eigenvalue weighted by molar-refractivity contribution is 0.667. The SMILES string of the molecule is Cc1cc(Cl)ccc1/N=C/N(C)SN(C)C. The van der Waals surface area contributed by atoms with Gasteiger partial charge in [0.1, 0.15) is 6.34 Å². The van der Waals surface area contributed by atoms with Gasteiger partial charge in [-0.1, -0.05) is 11.6 Å². The second-order valence-corrected chi connectivity index (χ2v) is 5.52. The quantitative estimate of drug-likeness (QED) is 0.468. The van der Waals surface area contributed by atoms with Crippen molar-refractivity contribution in [1.29, 1.82) is 0 Å². The third-order valence-corrected chi connectivity index (χ3v) is 2.72. The maximum absolute atomic E-state index is 5.88. The minimum absolute atomic E-state index is 0.743. The Hall–Kier alpha value is -0.710. The van der Waals surface area contributed by atoms with Crippen molar-refractivity contribution in [2.75, 3.05) is 21.1 Å². The van der Waals surface area contributed by atoms with E-state index in [2.05, 4.69) is 4.99 Å². The molecule has 1 rings (SSSR count). The number of nitrogens with zero attached hydrogens (tertiary/aromatic N) is 3. The molecule has 0 fully saturated rings. The number of halogens is 1. The molecule has 0 saturated carbocycles. The molecule has 88 valence electrons. The van der Waals surface area contributed by atoms with Crippen molar-refractivity contribution in [2.24, 2.45) is 4.99 Å². The molecule has 0 amide bonds. The summed E-state index contributed by atoms with van der Waals surface area (Å²) in [5, 5.41) is 0.743. The summed E-state index contributed by atoms with van der Waals surface area (Å²) in [7, 11) is 5.94. The van der Waals surface area contributed by atoms with Gasteiger partial charge < -0.3 is 0 Å². The second kappa shape index (κ2) is 6.13. The molecule has 0 atom stereocenters. The van der Waals surface area contributed by atoms with Crippen molar-refractivity contribution < 1.29 is 0 Å². The van der Waals surface area contributed by atoms with Crippen LogP contribution in [0.1, 0.15) is 5.56 Å². The van der Waals surface area contributed by atoms with Crippen LogP contribution in [0.5, 0.6) is 0 Å². The number of rotatable bonds is 4. The topological polar surface area (TPSA) is 18.8 Å². The van der Waals surface area contributed by atoms with E-state index in [0.29, 0.717) is 0 Å². The fourth-order valence-electron chi connectivity index (χ4n) is 1.19. The number of hydrogen-bond donors (Lipinski definition) is 0. The van der Waals surface area contributed by atoms with Crippen LogP contribution in [0, 0.1) is 6.92 Å². The molecular weight excluding hydrogens is 242 g/mol. The van der Waals surface area contributed by atoms with E-state index in [4.69, 9.17) is 11.6 Å². The minimum Gasteiger partial charge on any atom is -0.297 e. The summed E-state index contributed by atoms with van der Waals surface area (Å²) in [5.41, 5.74) is 2.02. The van der Waals surface area contributed by atoms with E-state index in [1.54, 1.807) is 18.5 Å². The molecule has 16 heavy (non-hydrogen) atoms. The van der Waals surface area contributed by atoms with Crippen LogP contribution < -0.4 is 0 Å². The summed E-state index contributed by atoms with van der Waals surface area (Å²) in [4.78, 5) is 4.39. The maximum atomic E-state index is 5.88. The Labute approximate surface area is 106 Å². The molecule has 0 aliphatic carbocycles. The van der Waals surface area contributed by atoms with E-state index >= 15 is 0 Å². The minimum atomic E-state index is 0.743. The number of aryl methyl sites for hydroxylation is 1. The van der Waals surface area contributed by atoms with E-state index in [9.17, 15) is 0 Å². The molecule has 0 aromatic heterocycles. The van der Waals surface area contributed by atoms with Gasteiger partial charge in [0.05, 0.1) is 5.69 Å². The van der Waals surface area contributed by atoms with Gasteiger partial charge in [-0.05, 0) is 44.8 Å². The van der Waals surface area contributed by atoms with Gasteiger partial charge in [0.2, 0.25) is 0 Å². The van der Waals surface area contributed by atoms with E-state index in [-0.39, 0.29) is 0 Å². The smallest absolute Gasteiger partial charge is 0.102 e. The van der Waals surface area contributed by atoms with Crippen molar-refractivity contribution in [3.05, 3.63) is 28.8 Å². The molecule has 0 heterocycles. The summed E-state index contributed by atoms with van der Waals surface area (Å²) in [5.74, 6) is 0. The summed E-state index contributed by atoms with van der Waals surface area (Å²) >= 11 is 7.45. The van der Waals surface area contributed by atoms with Crippen LogP contribution in [-0.4, -0.2) is 36.1 Å². The van der Waals surface area contributed by atoms with Gasteiger partial charge in [-0.2, -0.15) is 0 Å². The Morgan fingerprint density at radius 2 is 2.00 bits per heavy atom. The Kier molecular flexibility index (Phi) is 5.12. The molecule has 0 radical (unpaired) electrons. The van der Waals surface area contributed by atoms with Gasteiger partial charge >= 0.3 is 0 Å². The molecule has 0 aliphatic rings. The largest absolute Gasteiger partial charge is 0.297 e. The summed E-state index contributed by atoms with van der Waals surface area (Å²) < 4.78 is 3.94. The lowest BCUT2D eigenvalue weighted by atomic mass is 10.2. The van der Waals surface area contributed by atoms with Crippen LogP contribution in [0.2, 0.25) is 5.02 Å². The first-order valence-electron chi connectivity index (χ1n) is 4.87. The molecule has 0 bridgehead atoms. The fourth-order valence-corrected chi connectivity index (χ4v) is 2.02. The molecule has 1 aromatic carbocycles. The van der Waals surface area contributed by atoms with Crippen LogP contribution in [0.4, 0.5) is 5.69 Å². The lowest BCUT2D eigenvalue weighted by Gasteiger charge is -2.15. The van der Waals surface area contributed by atoms with Crippen molar-refractivity contribution >= 4 is 35.8 Å². The van der Waals surface area contributed by atoms with E-state index < -0.39 is 0 Å². The molecule has 0 saturated heterocycles. The van der Waals surface area contributed by atoms with Crippen LogP contribution in [0.25, 0.3) is 0 Å². The monoisotopic (exact) mass is 257 g/mol. The van der Waals surface area contributed by atoms with Gasteiger partial charge in [0.15, 0.2) is 0 Å². The molecule has 1 aromatic rings. The Morgan fingerprint density at radius 3 is 2.56 bits per heavy atom. The first-order valence-corrected chi connectivity index (χ1v) is 5.98. The second-order valence-electron chi connectivity index (χ2n) is 3.62. The highest BCUT2D eigenvalue weighted by Crippen LogP contribution is 2.22. The molecular formula is C11H16ClN3S. The molecule has 0 unspecified atom stereocenters.